The summed E-state index contributed by atoms with van der Waals surface area (Å²) in [5, 5.41) is 15.1. The summed E-state index contributed by atoms with van der Waals surface area (Å²) in [6, 6.07) is 7.11. The van der Waals surface area contributed by atoms with Gasteiger partial charge in [0.25, 0.3) is 0 Å². The maximum Gasteiger partial charge on any atom is 0.318 e. The number of urea groups is 1. The molecule has 1 aromatic heterocycles. The fourth-order valence-corrected chi connectivity index (χ4v) is 3.94. The Morgan fingerprint density at radius 2 is 2.07 bits per heavy atom. The zero-order valence-electron chi connectivity index (χ0n) is 15.1. The summed E-state index contributed by atoms with van der Waals surface area (Å²) < 4.78 is 0.989. The maximum atomic E-state index is 12.6. The average molecular weight is 452 g/mol. The molecule has 1 unspecified atom stereocenters. The van der Waals surface area contributed by atoms with Crippen LogP contribution in [0.3, 0.4) is 0 Å². The number of halogens is 1. The fraction of sp³-hybridized carbons (Fsp3) is 0.444. The van der Waals surface area contributed by atoms with Crippen molar-refractivity contribution in [1.82, 2.24) is 20.4 Å². The third kappa shape index (κ3) is 5.04. The number of amides is 3. The molecule has 2 N–H and O–H groups in total. The van der Waals surface area contributed by atoms with E-state index in [1.165, 1.54) is 11.3 Å². The van der Waals surface area contributed by atoms with Gasteiger partial charge in [-0.1, -0.05) is 52.7 Å². The third-order valence-electron chi connectivity index (χ3n) is 4.37. The van der Waals surface area contributed by atoms with Crippen LogP contribution in [0.4, 0.5) is 9.93 Å². The number of nitrogens with one attached hydrogen (secondary N) is 2. The minimum Gasteiger partial charge on any atom is -0.338 e. The molecule has 2 aromatic rings. The number of nitrogens with zero attached hydrogens (tertiary/aromatic N) is 3. The Bertz CT molecular complexity index is 795. The number of unbranched alkanes of at least 4 members (excludes halogenated alkanes) is 1. The number of aromatic nitrogens is 2. The molecule has 2 heterocycles. The van der Waals surface area contributed by atoms with Crippen molar-refractivity contribution in [3.63, 3.8) is 0 Å². The van der Waals surface area contributed by atoms with Crippen molar-refractivity contribution in [2.45, 2.75) is 38.6 Å². The molecule has 1 atom stereocenters. The lowest BCUT2D eigenvalue weighted by atomic mass is 10.2. The van der Waals surface area contributed by atoms with Crippen molar-refractivity contribution < 1.29 is 9.59 Å². The molecule has 3 amide bonds. The van der Waals surface area contributed by atoms with E-state index in [-0.39, 0.29) is 11.9 Å². The molecule has 27 heavy (non-hydrogen) atoms. The number of likely N-dealkylation sites (tertiary alicyclic amines) is 1. The SMILES string of the molecule is CCCCNC(=O)N1CCCC1C(=O)Nc1nnc(-c2ccc(Br)cc2)s1. The van der Waals surface area contributed by atoms with Crippen LogP contribution in [0.5, 0.6) is 0 Å². The normalized spacial score (nSPS) is 16.4. The molecule has 1 aliphatic heterocycles. The topological polar surface area (TPSA) is 87.2 Å². The highest BCUT2D eigenvalue weighted by atomic mass is 79.9. The molecule has 1 aromatic carbocycles. The maximum absolute atomic E-state index is 12.6. The molecule has 7 nitrogen and oxygen atoms in total. The lowest BCUT2D eigenvalue weighted by Gasteiger charge is -2.23. The van der Waals surface area contributed by atoms with Crippen LogP contribution in [0.1, 0.15) is 32.6 Å². The van der Waals surface area contributed by atoms with E-state index in [2.05, 4.69) is 43.7 Å². The summed E-state index contributed by atoms with van der Waals surface area (Å²) in [6.45, 7) is 3.30. The number of carbonyl (C=O) groups excluding carboxylic acids is 2. The summed E-state index contributed by atoms with van der Waals surface area (Å²) in [5.41, 5.74) is 0.939. The van der Waals surface area contributed by atoms with Gasteiger partial charge in [0.2, 0.25) is 11.0 Å². The molecule has 9 heteroatoms. The van der Waals surface area contributed by atoms with Crippen LogP contribution in [0.2, 0.25) is 0 Å². The zero-order valence-corrected chi connectivity index (χ0v) is 17.5. The molecule has 1 aliphatic rings. The lowest BCUT2D eigenvalue weighted by Crippen LogP contribution is -2.47. The smallest absolute Gasteiger partial charge is 0.318 e. The molecule has 1 fully saturated rings. The highest BCUT2D eigenvalue weighted by molar-refractivity contribution is 9.10. The molecule has 0 bridgehead atoms. The van der Waals surface area contributed by atoms with Crippen LogP contribution in [0.15, 0.2) is 28.7 Å². The fourth-order valence-electron chi connectivity index (χ4n) is 2.93. The molecule has 0 aliphatic carbocycles. The predicted octanol–water partition coefficient (Wildman–Crippen LogP) is 3.88. The number of benzene rings is 1. The lowest BCUT2D eigenvalue weighted by molar-refractivity contribution is -0.119. The van der Waals surface area contributed by atoms with Gasteiger partial charge in [0.1, 0.15) is 11.0 Å². The Morgan fingerprint density at radius 1 is 1.30 bits per heavy atom. The van der Waals surface area contributed by atoms with Gasteiger partial charge in [-0.3, -0.25) is 10.1 Å². The first-order valence-electron chi connectivity index (χ1n) is 9.03. The van der Waals surface area contributed by atoms with Crippen LogP contribution in [-0.4, -0.2) is 46.2 Å². The van der Waals surface area contributed by atoms with Crippen LogP contribution >= 0.6 is 27.3 Å². The number of carbonyl (C=O) groups is 2. The molecule has 1 saturated heterocycles. The minimum atomic E-state index is -0.466. The van der Waals surface area contributed by atoms with Gasteiger partial charge >= 0.3 is 6.03 Å². The Hall–Kier alpha value is -2.00. The van der Waals surface area contributed by atoms with Gasteiger partial charge in [0.05, 0.1) is 0 Å². The van der Waals surface area contributed by atoms with Gasteiger partial charge in [-0.05, 0) is 31.4 Å². The van der Waals surface area contributed by atoms with Crippen LogP contribution in [0, 0.1) is 0 Å². The van der Waals surface area contributed by atoms with Crippen molar-refractivity contribution in [2.75, 3.05) is 18.4 Å². The number of anilines is 1. The number of rotatable bonds is 6. The average Bonchev–Trinajstić information content (AvgIpc) is 3.32. The summed E-state index contributed by atoms with van der Waals surface area (Å²) in [5.74, 6) is -0.211. The highest BCUT2D eigenvalue weighted by Gasteiger charge is 2.34. The van der Waals surface area contributed by atoms with Crippen molar-refractivity contribution in [1.29, 1.82) is 0 Å². The first-order chi connectivity index (χ1) is 13.1. The van der Waals surface area contributed by atoms with Crippen molar-refractivity contribution in [2.24, 2.45) is 0 Å². The van der Waals surface area contributed by atoms with E-state index in [1.807, 2.05) is 24.3 Å². The summed E-state index contributed by atoms with van der Waals surface area (Å²) >= 11 is 4.72. The van der Waals surface area contributed by atoms with Gasteiger partial charge in [-0.25, -0.2) is 4.79 Å². The van der Waals surface area contributed by atoms with Crippen molar-refractivity contribution in [3.05, 3.63) is 28.7 Å². The Labute approximate surface area is 170 Å². The standard InChI is InChI=1S/C18H22BrN5O2S/c1-2-3-10-20-18(26)24-11-4-5-14(24)15(25)21-17-23-22-16(27-17)12-6-8-13(19)9-7-12/h6-9,14H,2-5,10-11H2,1H3,(H,20,26)(H,21,23,25). The molecule has 0 saturated carbocycles. The van der Waals surface area contributed by atoms with E-state index in [0.717, 1.165) is 34.3 Å². The number of hydrogen-bond donors (Lipinski definition) is 2. The van der Waals surface area contributed by atoms with Crippen LogP contribution in [-0.2, 0) is 4.79 Å². The molecule has 3 rings (SSSR count). The molecular weight excluding hydrogens is 430 g/mol. The van der Waals surface area contributed by atoms with E-state index in [1.54, 1.807) is 4.90 Å². The Balaban J connectivity index is 1.61. The third-order valence-corrected chi connectivity index (χ3v) is 5.79. The molecule has 0 spiro atoms. The Morgan fingerprint density at radius 3 is 2.81 bits per heavy atom. The van der Waals surface area contributed by atoms with E-state index in [0.29, 0.717) is 24.6 Å². The summed E-state index contributed by atoms with van der Waals surface area (Å²) in [7, 11) is 0. The zero-order chi connectivity index (χ0) is 19.2. The first kappa shape index (κ1) is 19.8. The second kappa shape index (κ2) is 9.27. The van der Waals surface area contributed by atoms with Crippen LogP contribution < -0.4 is 10.6 Å². The van der Waals surface area contributed by atoms with Gasteiger partial charge in [0, 0.05) is 23.1 Å². The molecule has 0 radical (unpaired) electrons. The first-order valence-corrected chi connectivity index (χ1v) is 10.6. The van der Waals surface area contributed by atoms with E-state index < -0.39 is 6.04 Å². The Kier molecular flexibility index (Phi) is 6.78. The second-order valence-electron chi connectivity index (χ2n) is 6.35. The van der Waals surface area contributed by atoms with Crippen molar-refractivity contribution >= 4 is 44.3 Å². The van der Waals surface area contributed by atoms with E-state index in [4.69, 9.17) is 0 Å². The monoisotopic (exact) mass is 451 g/mol. The molecular formula is C18H22BrN5O2S. The van der Waals surface area contributed by atoms with Gasteiger partial charge in [-0.2, -0.15) is 0 Å². The summed E-state index contributed by atoms with van der Waals surface area (Å²) in [6.07, 6.45) is 3.42. The predicted molar refractivity (Wildman–Crippen MR) is 110 cm³/mol. The second-order valence-corrected chi connectivity index (χ2v) is 8.24. The van der Waals surface area contributed by atoms with Gasteiger partial charge in [0.15, 0.2) is 0 Å². The quantitative estimate of drug-likeness (QED) is 0.652. The van der Waals surface area contributed by atoms with Gasteiger partial charge < -0.3 is 10.2 Å². The van der Waals surface area contributed by atoms with Crippen molar-refractivity contribution in [3.8, 4) is 10.6 Å². The van der Waals surface area contributed by atoms with Crippen LogP contribution in [0.25, 0.3) is 10.6 Å². The summed E-state index contributed by atoms with van der Waals surface area (Å²) in [4.78, 5) is 26.6. The molecule has 144 valence electrons. The highest BCUT2D eigenvalue weighted by Crippen LogP contribution is 2.28. The van der Waals surface area contributed by atoms with E-state index in [9.17, 15) is 9.59 Å². The van der Waals surface area contributed by atoms with E-state index >= 15 is 0 Å². The number of hydrogen-bond acceptors (Lipinski definition) is 5. The largest absolute Gasteiger partial charge is 0.338 e. The minimum absolute atomic E-state index is 0.172. The van der Waals surface area contributed by atoms with Gasteiger partial charge in [-0.15, -0.1) is 10.2 Å².